The fourth-order valence-corrected chi connectivity index (χ4v) is 1.21. The Morgan fingerprint density at radius 3 is 2.71 bits per heavy atom. The molecule has 0 amide bonds. The van der Waals surface area contributed by atoms with Gasteiger partial charge in [0.05, 0.1) is 10.5 Å². The largest absolute Gasteiger partial charge is 0.377 e. The molecule has 0 saturated heterocycles. The number of nitrogens with one attached hydrogen (secondary N) is 1. The molecule has 1 aromatic heterocycles. The number of anilines is 1. The lowest BCUT2D eigenvalue weighted by Gasteiger charge is -2.23. The predicted molar refractivity (Wildman–Crippen MR) is 65.2 cm³/mol. The maximum atomic E-state index is 10.6. The summed E-state index contributed by atoms with van der Waals surface area (Å²) < 4.78 is 5.26. The first kappa shape index (κ1) is 13.4. The van der Waals surface area contributed by atoms with E-state index < -0.39 is 4.92 Å². The summed E-state index contributed by atoms with van der Waals surface area (Å²) in [5.74, 6) is 0.640. The summed E-state index contributed by atoms with van der Waals surface area (Å²) in [7, 11) is 1.64. The van der Waals surface area contributed by atoms with E-state index in [1.54, 1.807) is 14.0 Å². The highest BCUT2D eigenvalue weighted by Gasteiger charge is 2.17. The number of pyridine rings is 1. The molecule has 0 spiro atoms. The minimum absolute atomic E-state index is 0.000878. The van der Waals surface area contributed by atoms with Crippen molar-refractivity contribution in [2.45, 2.75) is 26.4 Å². The van der Waals surface area contributed by atoms with Crippen LogP contribution in [0.15, 0.2) is 12.3 Å². The molecular weight excluding hydrogens is 222 g/mol. The zero-order valence-electron chi connectivity index (χ0n) is 10.5. The molecule has 1 N–H and O–H groups in total. The van der Waals surface area contributed by atoms with E-state index in [2.05, 4.69) is 10.3 Å². The van der Waals surface area contributed by atoms with Crippen LogP contribution in [-0.2, 0) is 4.74 Å². The summed E-state index contributed by atoms with van der Waals surface area (Å²) in [4.78, 5) is 14.1. The molecular formula is C11H17N3O3. The molecule has 1 rings (SSSR count). The van der Waals surface area contributed by atoms with Gasteiger partial charge in [0.25, 0.3) is 5.69 Å². The molecule has 6 heteroatoms. The van der Waals surface area contributed by atoms with Crippen molar-refractivity contribution >= 4 is 11.5 Å². The molecule has 1 heterocycles. The van der Waals surface area contributed by atoms with Crippen LogP contribution < -0.4 is 5.32 Å². The topological polar surface area (TPSA) is 77.3 Å². The molecule has 0 radical (unpaired) electrons. The summed E-state index contributed by atoms with van der Waals surface area (Å²) in [6, 6.07) is 1.50. The number of aromatic nitrogens is 1. The van der Waals surface area contributed by atoms with Crippen LogP contribution in [0.25, 0.3) is 0 Å². The van der Waals surface area contributed by atoms with E-state index in [9.17, 15) is 10.1 Å². The number of aryl methyl sites for hydroxylation is 1. The van der Waals surface area contributed by atoms with Gasteiger partial charge >= 0.3 is 0 Å². The van der Waals surface area contributed by atoms with Gasteiger partial charge in [-0.05, 0) is 26.3 Å². The number of nitro groups is 1. The van der Waals surface area contributed by atoms with Gasteiger partial charge in [-0.15, -0.1) is 0 Å². The molecule has 0 bridgehead atoms. The Morgan fingerprint density at radius 1 is 1.59 bits per heavy atom. The number of hydrogen-bond donors (Lipinski definition) is 1. The summed E-state index contributed by atoms with van der Waals surface area (Å²) >= 11 is 0. The standard InChI is InChI=1S/C11H17N3O3/c1-8-5-9(14(15)16)6-12-10(8)13-7-11(2,3)17-4/h5-6H,7H2,1-4H3,(H,12,13). The first-order valence-electron chi connectivity index (χ1n) is 5.26. The van der Waals surface area contributed by atoms with Crippen molar-refractivity contribution in [3.05, 3.63) is 27.9 Å². The maximum Gasteiger partial charge on any atom is 0.287 e. The lowest BCUT2D eigenvalue weighted by molar-refractivity contribution is -0.385. The Bertz CT molecular complexity index is 418. The van der Waals surface area contributed by atoms with E-state index in [1.165, 1.54) is 12.3 Å². The third kappa shape index (κ3) is 3.67. The molecule has 0 unspecified atom stereocenters. The molecule has 0 saturated carbocycles. The Labute approximate surface area is 100 Å². The molecule has 6 nitrogen and oxygen atoms in total. The van der Waals surface area contributed by atoms with Crippen molar-refractivity contribution in [3.63, 3.8) is 0 Å². The van der Waals surface area contributed by atoms with E-state index in [0.29, 0.717) is 12.4 Å². The van der Waals surface area contributed by atoms with Crippen molar-refractivity contribution in [1.82, 2.24) is 4.98 Å². The van der Waals surface area contributed by atoms with E-state index in [4.69, 9.17) is 4.74 Å². The highest BCUT2D eigenvalue weighted by atomic mass is 16.6. The van der Waals surface area contributed by atoms with E-state index in [0.717, 1.165) is 5.56 Å². The van der Waals surface area contributed by atoms with Crippen LogP contribution in [-0.4, -0.2) is 29.2 Å². The number of hydrogen-bond acceptors (Lipinski definition) is 5. The molecule has 0 aliphatic carbocycles. The van der Waals surface area contributed by atoms with E-state index >= 15 is 0 Å². The number of ether oxygens (including phenoxy) is 1. The summed E-state index contributed by atoms with van der Waals surface area (Å²) in [5, 5.41) is 13.7. The van der Waals surface area contributed by atoms with Crippen molar-refractivity contribution in [2.24, 2.45) is 0 Å². The predicted octanol–water partition coefficient (Wildman–Crippen LogP) is 2.14. The third-order valence-corrected chi connectivity index (χ3v) is 2.51. The van der Waals surface area contributed by atoms with Gasteiger partial charge in [0.2, 0.25) is 0 Å². The molecule has 94 valence electrons. The van der Waals surface area contributed by atoms with Crippen molar-refractivity contribution < 1.29 is 9.66 Å². The van der Waals surface area contributed by atoms with Gasteiger partial charge in [0, 0.05) is 19.7 Å². The smallest absolute Gasteiger partial charge is 0.287 e. The minimum Gasteiger partial charge on any atom is -0.377 e. The minimum atomic E-state index is -0.455. The van der Waals surface area contributed by atoms with Gasteiger partial charge in [-0.25, -0.2) is 4.98 Å². The number of methoxy groups -OCH3 is 1. The number of rotatable bonds is 5. The molecule has 17 heavy (non-hydrogen) atoms. The quantitative estimate of drug-likeness (QED) is 0.629. The Kier molecular flexibility index (Phi) is 4.01. The lowest BCUT2D eigenvalue weighted by Crippen LogP contribution is -2.32. The molecule has 0 atom stereocenters. The molecule has 0 fully saturated rings. The summed E-state index contributed by atoms with van der Waals surface area (Å²) in [6.07, 6.45) is 1.25. The molecule has 0 aromatic carbocycles. The Balaban J connectivity index is 2.77. The SMILES string of the molecule is COC(C)(C)CNc1ncc([N+](=O)[O-])cc1C. The van der Waals surface area contributed by atoms with Gasteiger partial charge < -0.3 is 10.1 Å². The van der Waals surface area contributed by atoms with Crippen LogP contribution in [0.2, 0.25) is 0 Å². The van der Waals surface area contributed by atoms with Gasteiger partial charge in [0.1, 0.15) is 12.0 Å². The van der Waals surface area contributed by atoms with Gasteiger partial charge in [-0.1, -0.05) is 0 Å². The van der Waals surface area contributed by atoms with E-state index in [1.807, 2.05) is 13.8 Å². The second kappa shape index (κ2) is 5.09. The van der Waals surface area contributed by atoms with Crippen LogP contribution >= 0.6 is 0 Å². The Hall–Kier alpha value is -1.69. The molecule has 1 aromatic rings. The average molecular weight is 239 g/mol. The van der Waals surface area contributed by atoms with Crippen molar-refractivity contribution in [3.8, 4) is 0 Å². The summed E-state index contributed by atoms with van der Waals surface area (Å²) in [5.41, 5.74) is 0.431. The Morgan fingerprint density at radius 2 is 2.24 bits per heavy atom. The van der Waals surface area contributed by atoms with Gasteiger partial charge in [-0.3, -0.25) is 10.1 Å². The van der Waals surface area contributed by atoms with Crippen LogP contribution in [0.3, 0.4) is 0 Å². The van der Waals surface area contributed by atoms with Gasteiger partial charge in [0.15, 0.2) is 0 Å². The normalized spacial score (nSPS) is 11.3. The number of nitrogens with zero attached hydrogens (tertiary/aromatic N) is 2. The fraction of sp³-hybridized carbons (Fsp3) is 0.545. The monoisotopic (exact) mass is 239 g/mol. The van der Waals surface area contributed by atoms with E-state index in [-0.39, 0.29) is 11.3 Å². The maximum absolute atomic E-state index is 10.6. The lowest BCUT2D eigenvalue weighted by atomic mass is 10.1. The van der Waals surface area contributed by atoms with Crippen LogP contribution in [0.5, 0.6) is 0 Å². The highest BCUT2D eigenvalue weighted by molar-refractivity contribution is 5.48. The van der Waals surface area contributed by atoms with Crippen LogP contribution in [0, 0.1) is 17.0 Å². The summed E-state index contributed by atoms with van der Waals surface area (Å²) in [6.45, 7) is 6.25. The zero-order chi connectivity index (χ0) is 13.1. The molecule has 0 aliphatic rings. The fourth-order valence-electron chi connectivity index (χ4n) is 1.21. The van der Waals surface area contributed by atoms with Crippen molar-refractivity contribution in [1.29, 1.82) is 0 Å². The second-order valence-electron chi connectivity index (χ2n) is 4.43. The van der Waals surface area contributed by atoms with Crippen LogP contribution in [0.4, 0.5) is 11.5 Å². The first-order valence-corrected chi connectivity index (χ1v) is 5.26. The zero-order valence-corrected chi connectivity index (χ0v) is 10.5. The average Bonchev–Trinajstić information content (AvgIpc) is 2.27. The third-order valence-electron chi connectivity index (χ3n) is 2.51. The molecule has 0 aliphatic heterocycles. The highest BCUT2D eigenvalue weighted by Crippen LogP contribution is 2.19. The van der Waals surface area contributed by atoms with Gasteiger partial charge in [-0.2, -0.15) is 0 Å². The first-order chi connectivity index (χ1) is 7.85. The van der Waals surface area contributed by atoms with Crippen LogP contribution in [0.1, 0.15) is 19.4 Å². The second-order valence-corrected chi connectivity index (χ2v) is 4.43. The van der Waals surface area contributed by atoms with Crippen molar-refractivity contribution in [2.75, 3.05) is 19.0 Å².